The van der Waals surface area contributed by atoms with Crippen molar-refractivity contribution in [3.05, 3.63) is 12.1 Å². The lowest BCUT2D eigenvalue weighted by Crippen LogP contribution is -1.94. The van der Waals surface area contributed by atoms with E-state index >= 15 is 0 Å². The van der Waals surface area contributed by atoms with E-state index in [1.54, 1.807) is 12.1 Å². The van der Waals surface area contributed by atoms with Crippen LogP contribution in [-0.2, 0) is 0 Å². The first-order valence-electron chi connectivity index (χ1n) is 3.41. The number of nitrogens with one attached hydrogen (secondary N) is 4. The highest BCUT2D eigenvalue weighted by molar-refractivity contribution is 6.31. The molecule has 4 N–H and O–H groups in total. The summed E-state index contributed by atoms with van der Waals surface area (Å²) in [5.74, 6) is 0. The number of rotatable bonds is 4. The van der Waals surface area contributed by atoms with E-state index in [4.69, 9.17) is 47.1 Å². The van der Waals surface area contributed by atoms with Gasteiger partial charge in [0.25, 0.3) is 0 Å². The Labute approximate surface area is 101 Å². The highest BCUT2D eigenvalue weighted by atomic mass is 35.5. The predicted octanol–water partition coefficient (Wildman–Crippen LogP) is 3.95. The van der Waals surface area contributed by atoms with Crippen molar-refractivity contribution in [3.8, 4) is 0 Å². The fraction of sp³-hybridized carbons (Fsp3) is 0. The van der Waals surface area contributed by atoms with E-state index in [2.05, 4.69) is 19.3 Å². The van der Waals surface area contributed by atoms with Gasteiger partial charge in [0.15, 0.2) is 0 Å². The van der Waals surface area contributed by atoms with Crippen LogP contribution in [0.25, 0.3) is 0 Å². The van der Waals surface area contributed by atoms with Gasteiger partial charge in [-0.25, -0.2) is 0 Å². The molecule has 0 spiro atoms. The van der Waals surface area contributed by atoms with E-state index < -0.39 is 0 Å². The van der Waals surface area contributed by atoms with Gasteiger partial charge in [-0.3, -0.25) is 19.3 Å². The van der Waals surface area contributed by atoms with Gasteiger partial charge < -0.3 is 0 Å². The number of hydrogen-bond donors (Lipinski definition) is 4. The molecule has 0 aliphatic heterocycles. The first kappa shape index (κ1) is 11.7. The molecule has 0 fully saturated rings. The van der Waals surface area contributed by atoms with Gasteiger partial charge in [-0.1, -0.05) is 0 Å². The van der Waals surface area contributed by atoms with Crippen molar-refractivity contribution in [3.63, 3.8) is 0 Å². The fourth-order valence-corrected chi connectivity index (χ4v) is 1.54. The van der Waals surface area contributed by atoms with Crippen molar-refractivity contribution in [2.24, 2.45) is 0 Å². The maximum absolute atomic E-state index is 5.46. The molecule has 4 nitrogen and oxygen atoms in total. The lowest BCUT2D eigenvalue weighted by atomic mass is 10.2. The van der Waals surface area contributed by atoms with Gasteiger partial charge in [0, 0.05) is 47.1 Å². The molecular formula is C6H6Cl4N4. The molecule has 0 unspecified atom stereocenters. The highest BCUT2D eigenvalue weighted by Crippen LogP contribution is 2.34. The van der Waals surface area contributed by atoms with Gasteiger partial charge in [-0.05, 0) is 12.1 Å². The summed E-state index contributed by atoms with van der Waals surface area (Å²) in [5, 5.41) is 0. The van der Waals surface area contributed by atoms with Gasteiger partial charge >= 0.3 is 0 Å². The predicted molar refractivity (Wildman–Crippen MR) is 64.3 cm³/mol. The van der Waals surface area contributed by atoms with Crippen LogP contribution in [0.2, 0.25) is 0 Å². The average molecular weight is 276 g/mol. The maximum atomic E-state index is 5.46. The lowest BCUT2D eigenvalue weighted by Gasteiger charge is -2.11. The van der Waals surface area contributed by atoms with Crippen LogP contribution in [-0.4, -0.2) is 0 Å². The van der Waals surface area contributed by atoms with Crippen LogP contribution in [0.4, 0.5) is 22.7 Å². The average Bonchev–Trinajstić information content (AvgIpc) is 2.26. The summed E-state index contributed by atoms with van der Waals surface area (Å²) in [5.41, 5.74) is 2.28. The Bertz CT molecular complexity index is 261. The molecule has 8 heteroatoms. The summed E-state index contributed by atoms with van der Waals surface area (Å²) in [6, 6.07) is 3.27. The minimum absolute atomic E-state index is 0.570. The molecule has 78 valence electrons. The second kappa shape index (κ2) is 5.46. The van der Waals surface area contributed by atoms with Crippen molar-refractivity contribution in [1.82, 2.24) is 0 Å². The minimum atomic E-state index is 0.570. The van der Waals surface area contributed by atoms with Gasteiger partial charge in [0.1, 0.15) is 0 Å². The molecule has 0 atom stereocenters. The maximum Gasteiger partial charge on any atom is 0.0757 e. The third-order valence-corrected chi connectivity index (χ3v) is 2.38. The van der Waals surface area contributed by atoms with Crippen LogP contribution in [0.3, 0.4) is 0 Å². The zero-order valence-corrected chi connectivity index (χ0v) is 9.69. The summed E-state index contributed by atoms with van der Waals surface area (Å²) in [4.78, 5) is 9.71. The third-order valence-electron chi connectivity index (χ3n) is 1.56. The number of anilines is 4. The largest absolute Gasteiger partial charge is 0.296 e. The molecule has 1 aromatic carbocycles. The SMILES string of the molecule is ClNc1cc(NCl)c(NCl)cc1NCl. The Balaban J connectivity index is 3.20. The smallest absolute Gasteiger partial charge is 0.0757 e. The second-order valence-electron chi connectivity index (χ2n) is 2.32. The molecule has 0 aliphatic carbocycles. The molecule has 1 aromatic rings. The third kappa shape index (κ3) is 2.33. The number of hydrogen-bond acceptors (Lipinski definition) is 4. The van der Waals surface area contributed by atoms with Crippen molar-refractivity contribution in [2.45, 2.75) is 0 Å². The normalized spacial score (nSPS) is 9.43. The minimum Gasteiger partial charge on any atom is -0.296 e. The van der Waals surface area contributed by atoms with Gasteiger partial charge in [-0.15, -0.1) is 0 Å². The van der Waals surface area contributed by atoms with Gasteiger partial charge in [0.2, 0.25) is 0 Å². The summed E-state index contributed by atoms with van der Waals surface area (Å²) in [6.45, 7) is 0. The van der Waals surface area contributed by atoms with Crippen LogP contribution in [0.5, 0.6) is 0 Å². The van der Waals surface area contributed by atoms with Crippen molar-refractivity contribution >= 4 is 69.9 Å². The molecule has 0 aromatic heterocycles. The van der Waals surface area contributed by atoms with Gasteiger partial charge in [0.05, 0.1) is 22.7 Å². The van der Waals surface area contributed by atoms with Crippen LogP contribution in [0.15, 0.2) is 12.1 Å². The Hall–Kier alpha value is -0.420. The first-order valence-corrected chi connectivity index (χ1v) is 4.92. The standard InChI is InChI=1S/C6H6Cl4N4/c7-11-3-1-4(12-8)6(14-10)2-5(3)13-9/h1-2,11-14H. The van der Waals surface area contributed by atoms with Crippen LogP contribution < -0.4 is 19.3 Å². The van der Waals surface area contributed by atoms with Crippen LogP contribution in [0, 0.1) is 0 Å². The molecule has 1 rings (SSSR count). The van der Waals surface area contributed by atoms with Crippen molar-refractivity contribution < 1.29 is 0 Å². The van der Waals surface area contributed by atoms with Crippen molar-refractivity contribution in [2.75, 3.05) is 19.3 Å². The van der Waals surface area contributed by atoms with Crippen LogP contribution in [0.1, 0.15) is 0 Å². The van der Waals surface area contributed by atoms with E-state index in [1.165, 1.54) is 0 Å². The second-order valence-corrected chi connectivity index (χ2v) is 3.08. The number of benzene rings is 1. The molecule has 0 aliphatic rings. The Kier molecular flexibility index (Phi) is 4.54. The molecule has 0 bridgehead atoms. The van der Waals surface area contributed by atoms with E-state index in [1.807, 2.05) is 0 Å². The Morgan fingerprint density at radius 1 is 0.571 bits per heavy atom. The molecule has 0 saturated carbocycles. The number of halogens is 4. The molecule has 0 saturated heterocycles. The molecular weight excluding hydrogens is 270 g/mol. The quantitative estimate of drug-likeness (QED) is 0.629. The monoisotopic (exact) mass is 274 g/mol. The molecule has 0 amide bonds. The summed E-state index contributed by atoms with van der Waals surface area (Å²) in [6.07, 6.45) is 0. The zero-order valence-electron chi connectivity index (χ0n) is 6.67. The summed E-state index contributed by atoms with van der Waals surface area (Å²) in [7, 11) is 0. The van der Waals surface area contributed by atoms with E-state index in [0.29, 0.717) is 22.7 Å². The highest BCUT2D eigenvalue weighted by Gasteiger charge is 2.08. The van der Waals surface area contributed by atoms with E-state index in [0.717, 1.165) is 0 Å². The van der Waals surface area contributed by atoms with E-state index in [-0.39, 0.29) is 0 Å². The lowest BCUT2D eigenvalue weighted by molar-refractivity contribution is 1.61. The fourth-order valence-electron chi connectivity index (χ4n) is 0.912. The Morgan fingerprint density at radius 2 is 0.786 bits per heavy atom. The Morgan fingerprint density at radius 3 is 0.929 bits per heavy atom. The topological polar surface area (TPSA) is 48.1 Å². The van der Waals surface area contributed by atoms with E-state index in [9.17, 15) is 0 Å². The molecule has 0 radical (unpaired) electrons. The van der Waals surface area contributed by atoms with Gasteiger partial charge in [-0.2, -0.15) is 0 Å². The molecule has 0 heterocycles. The summed E-state index contributed by atoms with van der Waals surface area (Å²) >= 11 is 21.8. The first-order chi connectivity index (χ1) is 6.76. The van der Waals surface area contributed by atoms with Crippen molar-refractivity contribution in [1.29, 1.82) is 0 Å². The van der Waals surface area contributed by atoms with Crippen LogP contribution >= 0.6 is 47.1 Å². The zero-order chi connectivity index (χ0) is 10.6. The summed E-state index contributed by atoms with van der Waals surface area (Å²) < 4.78 is 0. The molecule has 14 heavy (non-hydrogen) atoms.